The van der Waals surface area contributed by atoms with Crippen molar-refractivity contribution in [2.75, 3.05) is 11.9 Å². The first kappa shape index (κ1) is 21.2. The molecular weight excluding hydrogens is 358 g/mol. The number of carbonyl (C=O) groups is 3. The van der Waals surface area contributed by atoms with Crippen molar-refractivity contribution in [1.82, 2.24) is 0 Å². The second-order valence-electron chi connectivity index (χ2n) is 6.46. The van der Waals surface area contributed by atoms with Crippen molar-refractivity contribution >= 4 is 23.9 Å². The predicted molar refractivity (Wildman–Crippen MR) is 107 cm³/mol. The summed E-state index contributed by atoms with van der Waals surface area (Å²) in [4.78, 5) is 35.4. The van der Waals surface area contributed by atoms with Crippen LogP contribution in [0.25, 0.3) is 0 Å². The van der Waals surface area contributed by atoms with E-state index in [2.05, 4.69) is 19.2 Å². The van der Waals surface area contributed by atoms with Gasteiger partial charge in [0.2, 0.25) is 0 Å². The van der Waals surface area contributed by atoms with Gasteiger partial charge in [-0.05, 0) is 43.0 Å². The number of para-hydroxylation sites is 2. The number of esters is 1. The molecule has 2 aromatic carbocycles. The topological polar surface area (TPSA) is 81.7 Å². The van der Waals surface area contributed by atoms with Crippen LogP contribution in [0.5, 0.6) is 5.75 Å². The summed E-state index contributed by atoms with van der Waals surface area (Å²) in [6.07, 6.45) is 0.602. The van der Waals surface area contributed by atoms with E-state index < -0.39 is 24.6 Å². The van der Waals surface area contributed by atoms with Gasteiger partial charge in [0.05, 0.1) is 5.56 Å². The van der Waals surface area contributed by atoms with E-state index in [4.69, 9.17) is 9.47 Å². The maximum atomic E-state index is 12.4. The lowest BCUT2D eigenvalue weighted by Gasteiger charge is -2.18. The van der Waals surface area contributed by atoms with Crippen LogP contribution in [-0.2, 0) is 14.3 Å². The third-order valence-corrected chi connectivity index (χ3v) is 4.43. The van der Waals surface area contributed by atoms with Crippen molar-refractivity contribution in [3.63, 3.8) is 0 Å². The number of benzene rings is 2. The van der Waals surface area contributed by atoms with Crippen LogP contribution in [0.15, 0.2) is 48.5 Å². The second-order valence-corrected chi connectivity index (χ2v) is 6.46. The van der Waals surface area contributed by atoms with Crippen LogP contribution in [0.2, 0.25) is 0 Å². The molecule has 6 nitrogen and oxygen atoms in total. The van der Waals surface area contributed by atoms with Crippen molar-refractivity contribution in [2.24, 2.45) is 0 Å². The van der Waals surface area contributed by atoms with Gasteiger partial charge in [-0.2, -0.15) is 0 Å². The molecule has 1 amide bonds. The lowest BCUT2D eigenvalue weighted by Crippen LogP contribution is -2.32. The third-order valence-electron chi connectivity index (χ3n) is 4.43. The lowest BCUT2D eigenvalue weighted by atomic mass is 9.97. The molecule has 0 aromatic heterocycles. The molecule has 0 unspecified atom stereocenters. The molecule has 2 aromatic rings. The Hall–Kier alpha value is -3.15. The van der Waals surface area contributed by atoms with E-state index in [1.54, 1.807) is 24.3 Å². The van der Waals surface area contributed by atoms with Gasteiger partial charge in [-0.1, -0.05) is 44.2 Å². The van der Waals surface area contributed by atoms with Crippen LogP contribution in [0.4, 0.5) is 5.69 Å². The molecule has 148 valence electrons. The molecule has 0 heterocycles. The zero-order valence-corrected chi connectivity index (χ0v) is 16.3. The summed E-state index contributed by atoms with van der Waals surface area (Å²) in [5.41, 5.74) is 2.08. The number of anilines is 1. The third kappa shape index (κ3) is 5.67. The normalized spacial score (nSPS) is 12.5. The molecule has 0 aliphatic carbocycles. The van der Waals surface area contributed by atoms with Gasteiger partial charge in [0.25, 0.3) is 5.91 Å². The Morgan fingerprint density at radius 2 is 1.75 bits per heavy atom. The minimum Gasteiger partial charge on any atom is -0.481 e. The largest absolute Gasteiger partial charge is 0.481 e. The first-order valence-electron chi connectivity index (χ1n) is 9.22. The average Bonchev–Trinajstić information content (AvgIpc) is 2.72. The van der Waals surface area contributed by atoms with Crippen molar-refractivity contribution in [3.8, 4) is 5.75 Å². The summed E-state index contributed by atoms with van der Waals surface area (Å²) in [6, 6.07) is 14.1. The van der Waals surface area contributed by atoms with Gasteiger partial charge >= 0.3 is 5.97 Å². The number of amides is 1. The van der Waals surface area contributed by atoms with E-state index in [1.807, 2.05) is 24.3 Å². The van der Waals surface area contributed by atoms with Crippen LogP contribution in [0.3, 0.4) is 0 Å². The fraction of sp³-hybridized carbons (Fsp3) is 0.318. The van der Waals surface area contributed by atoms with E-state index in [1.165, 1.54) is 6.92 Å². The number of hydrogen-bond acceptors (Lipinski definition) is 5. The van der Waals surface area contributed by atoms with Gasteiger partial charge in [0, 0.05) is 5.69 Å². The smallest absolute Gasteiger partial charge is 0.344 e. The SMILES string of the molecule is CC[C@@H](C)c1ccccc1NC(=O)[C@H](C)OC(=O)COc1ccccc1C=O. The molecule has 2 rings (SSSR count). The summed E-state index contributed by atoms with van der Waals surface area (Å²) in [5, 5.41) is 2.82. The number of aldehydes is 1. The minimum atomic E-state index is -0.984. The maximum Gasteiger partial charge on any atom is 0.344 e. The highest BCUT2D eigenvalue weighted by atomic mass is 16.6. The van der Waals surface area contributed by atoms with Crippen molar-refractivity contribution in [2.45, 2.75) is 39.2 Å². The fourth-order valence-corrected chi connectivity index (χ4v) is 2.63. The Labute approximate surface area is 164 Å². The summed E-state index contributed by atoms with van der Waals surface area (Å²) in [7, 11) is 0. The molecular formula is C22H25NO5. The molecule has 0 spiro atoms. The quantitative estimate of drug-likeness (QED) is 0.523. The van der Waals surface area contributed by atoms with Crippen LogP contribution in [0, 0.1) is 0 Å². The van der Waals surface area contributed by atoms with Crippen LogP contribution >= 0.6 is 0 Å². The lowest BCUT2D eigenvalue weighted by molar-refractivity contribution is -0.155. The van der Waals surface area contributed by atoms with Crippen LogP contribution in [0.1, 0.15) is 49.0 Å². The predicted octanol–water partition coefficient (Wildman–Crippen LogP) is 3.96. The standard InChI is InChI=1S/C22H25NO5/c1-4-15(2)18-10-6-7-11-19(18)23-22(26)16(3)28-21(25)14-27-20-12-8-5-9-17(20)13-24/h5-13,15-16H,4,14H2,1-3H3,(H,23,26)/t15-,16+/m1/s1. The Kier molecular flexibility index (Phi) is 7.75. The summed E-state index contributed by atoms with van der Waals surface area (Å²) in [5.74, 6) is -0.536. The molecule has 6 heteroatoms. The summed E-state index contributed by atoms with van der Waals surface area (Å²) < 4.78 is 10.5. The Bertz CT molecular complexity index is 833. The monoisotopic (exact) mass is 383 g/mol. The Morgan fingerprint density at radius 3 is 2.46 bits per heavy atom. The van der Waals surface area contributed by atoms with Gasteiger partial charge in [0.1, 0.15) is 5.75 Å². The molecule has 0 saturated heterocycles. The Balaban J connectivity index is 1.92. The van der Waals surface area contributed by atoms with Gasteiger partial charge in [-0.3, -0.25) is 9.59 Å². The highest BCUT2D eigenvalue weighted by Gasteiger charge is 2.20. The van der Waals surface area contributed by atoms with Crippen LogP contribution < -0.4 is 10.1 Å². The fourth-order valence-electron chi connectivity index (χ4n) is 2.63. The van der Waals surface area contributed by atoms with Gasteiger partial charge in [-0.25, -0.2) is 4.79 Å². The molecule has 28 heavy (non-hydrogen) atoms. The first-order valence-corrected chi connectivity index (χ1v) is 9.22. The average molecular weight is 383 g/mol. The second kappa shape index (κ2) is 10.3. The minimum absolute atomic E-state index is 0.286. The van der Waals surface area contributed by atoms with Gasteiger partial charge in [0.15, 0.2) is 19.0 Å². The number of ether oxygens (including phenoxy) is 2. The van der Waals surface area contributed by atoms with E-state index >= 15 is 0 Å². The maximum absolute atomic E-state index is 12.4. The van der Waals surface area contributed by atoms with Crippen molar-refractivity contribution < 1.29 is 23.9 Å². The Morgan fingerprint density at radius 1 is 1.07 bits per heavy atom. The molecule has 0 fully saturated rings. The molecule has 2 atom stereocenters. The van der Waals surface area contributed by atoms with E-state index in [0.29, 0.717) is 23.5 Å². The molecule has 0 bridgehead atoms. The number of carbonyl (C=O) groups excluding carboxylic acids is 3. The highest BCUT2D eigenvalue weighted by molar-refractivity contribution is 5.95. The zero-order valence-electron chi connectivity index (χ0n) is 16.3. The van der Waals surface area contributed by atoms with E-state index in [0.717, 1.165) is 12.0 Å². The molecule has 0 radical (unpaired) electrons. The summed E-state index contributed by atoms with van der Waals surface area (Å²) in [6.45, 7) is 5.27. The molecule has 1 N–H and O–H groups in total. The molecule has 0 aliphatic heterocycles. The first-order chi connectivity index (χ1) is 13.5. The number of nitrogens with one attached hydrogen (secondary N) is 1. The zero-order chi connectivity index (χ0) is 20.5. The van der Waals surface area contributed by atoms with Crippen LogP contribution in [-0.4, -0.2) is 30.9 Å². The van der Waals surface area contributed by atoms with E-state index in [9.17, 15) is 14.4 Å². The van der Waals surface area contributed by atoms with Gasteiger partial charge < -0.3 is 14.8 Å². The van der Waals surface area contributed by atoms with Gasteiger partial charge in [-0.15, -0.1) is 0 Å². The summed E-state index contributed by atoms with van der Waals surface area (Å²) >= 11 is 0. The van der Waals surface area contributed by atoms with Crippen molar-refractivity contribution in [1.29, 1.82) is 0 Å². The number of hydrogen-bond donors (Lipinski definition) is 1. The van der Waals surface area contributed by atoms with Crippen molar-refractivity contribution in [3.05, 3.63) is 59.7 Å². The number of rotatable bonds is 9. The highest BCUT2D eigenvalue weighted by Crippen LogP contribution is 2.26. The molecule has 0 aliphatic rings. The molecule has 0 saturated carbocycles. The van der Waals surface area contributed by atoms with E-state index in [-0.39, 0.29) is 5.75 Å².